The fourth-order valence-corrected chi connectivity index (χ4v) is 1.40. The molecule has 0 spiro atoms. The summed E-state index contributed by atoms with van der Waals surface area (Å²) in [5.41, 5.74) is 0. The van der Waals surface area contributed by atoms with Crippen molar-refractivity contribution < 1.29 is 19.4 Å². The zero-order chi connectivity index (χ0) is 13.6. The van der Waals surface area contributed by atoms with Crippen LogP contribution in [0.25, 0.3) is 0 Å². The first-order valence-corrected chi connectivity index (χ1v) is 6.43. The van der Waals surface area contributed by atoms with E-state index in [-0.39, 0.29) is 0 Å². The maximum Gasteiger partial charge on any atom is 0.335 e. The number of hydrogen-bond acceptors (Lipinski definition) is 3. The lowest BCUT2D eigenvalue weighted by molar-refractivity contribution is -0.134. The van der Waals surface area contributed by atoms with Crippen LogP contribution < -0.4 is 0 Å². The van der Waals surface area contributed by atoms with Gasteiger partial charge in [-0.25, -0.2) is 9.59 Å². The molecular weight excluding hydrogens is 232 g/mol. The van der Waals surface area contributed by atoms with Crippen LogP contribution in [0, 0.1) is 0 Å². The molecule has 0 atom stereocenters. The van der Waals surface area contributed by atoms with Gasteiger partial charge in [-0.05, 0) is 18.9 Å². The fraction of sp³-hybridized carbons (Fsp3) is 0.571. The van der Waals surface area contributed by atoms with Crippen LogP contribution in [0.2, 0.25) is 0 Å². The van der Waals surface area contributed by atoms with Crippen molar-refractivity contribution in [3.8, 4) is 0 Å². The highest BCUT2D eigenvalue weighted by molar-refractivity contribution is 5.90. The number of rotatable bonds is 10. The van der Waals surface area contributed by atoms with Gasteiger partial charge < -0.3 is 9.84 Å². The second-order valence-corrected chi connectivity index (χ2v) is 4.04. The van der Waals surface area contributed by atoms with Gasteiger partial charge in [0.2, 0.25) is 0 Å². The van der Waals surface area contributed by atoms with E-state index in [4.69, 9.17) is 5.11 Å². The first-order chi connectivity index (χ1) is 8.66. The topological polar surface area (TPSA) is 63.6 Å². The Balaban J connectivity index is 3.43. The van der Waals surface area contributed by atoms with Gasteiger partial charge in [0.05, 0.1) is 6.26 Å². The van der Waals surface area contributed by atoms with Gasteiger partial charge in [-0.15, -0.1) is 0 Å². The number of carbonyl (C=O) groups is 2. The van der Waals surface area contributed by atoms with E-state index in [9.17, 15) is 9.59 Å². The van der Waals surface area contributed by atoms with Crippen molar-refractivity contribution in [2.45, 2.75) is 51.9 Å². The molecule has 0 aliphatic heterocycles. The number of esters is 1. The summed E-state index contributed by atoms with van der Waals surface area (Å²) < 4.78 is 4.67. The lowest BCUT2D eigenvalue weighted by atomic mass is 10.1. The molecule has 0 aliphatic rings. The van der Waals surface area contributed by atoms with E-state index in [2.05, 4.69) is 11.7 Å². The Bertz CT molecular complexity index is 292. The minimum absolute atomic E-state index is 0.670. The number of hydrogen-bond donors (Lipinski definition) is 1. The standard InChI is InChI=1S/C14H22O4/c1-2-3-4-5-6-7-8-9-12-18-14(17)11-10-13(15)16/h9-12H,2-8H2,1H3,(H,15,16). The molecule has 0 amide bonds. The van der Waals surface area contributed by atoms with Crippen molar-refractivity contribution in [1.29, 1.82) is 0 Å². The van der Waals surface area contributed by atoms with Gasteiger partial charge in [0.25, 0.3) is 0 Å². The SMILES string of the molecule is CCCCCCCCC=COC(=O)C=CC(=O)O. The van der Waals surface area contributed by atoms with Crippen LogP contribution in [0.4, 0.5) is 0 Å². The summed E-state index contributed by atoms with van der Waals surface area (Å²) in [6, 6.07) is 0. The van der Waals surface area contributed by atoms with Crippen molar-refractivity contribution >= 4 is 11.9 Å². The molecule has 0 saturated carbocycles. The van der Waals surface area contributed by atoms with Crippen LogP contribution in [0.1, 0.15) is 51.9 Å². The van der Waals surface area contributed by atoms with Gasteiger partial charge in [-0.1, -0.05) is 39.0 Å². The third kappa shape index (κ3) is 12.5. The summed E-state index contributed by atoms with van der Waals surface area (Å²) in [4.78, 5) is 21.0. The van der Waals surface area contributed by atoms with Gasteiger partial charge in [-0.3, -0.25) is 0 Å². The maximum atomic E-state index is 10.9. The van der Waals surface area contributed by atoms with Gasteiger partial charge in [-0.2, -0.15) is 0 Å². The molecule has 102 valence electrons. The summed E-state index contributed by atoms with van der Waals surface area (Å²) in [6.07, 6.45) is 13.0. The minimum Gasteiger partial charge on any atom is -0.478 e. The van der Waals surface area contributed by atoms with E-state index < -0.39 is 11.9 Å². The Morgan fingerprint density at radius 2 is 1.72 bits per heavy atom. The predicted molar refractivity (Wildman–Crippen MR) is 70.0 cm³/mol. The number of unbranched alkanes of at least 4 members (excludes halogenated alkanes) is 6. The Hall–Kier alpha value is -1.58. The molecule has 4 heteroatoms. The number of carboxylic acids is 1. The number of carbonyl (C=O) groups excluding carboxylic acids is 1. The molecule has 0 heterocycles. The zero-order valence-electron chi connectivity index (χ0n) is 10.9. The number of allylic oxidation sites excluding steroid dienone is 1. The van der Waals surface area contributed by atoms with Crippen molar-refractivity contribution in [3.05, 3.63) is 24.5 Å². The van der Waals surface area contributed by atoms with Crippen molar-refractivity contribution in [3.63, 3.8) is 0 Å². The lowest BCUT2D eigenvalue weighted by Gasteiger charge is -1.97. The van der Waals surface area contributed by atoms with E-state index in [1.807, 2.05) is 0 Å². The summed E-state index contributed by atoms with van der Waals surface area (Å²) in [7, 11) is 0. The molecule has 0 aromatic carbocycles. The molecule has 18 heavy (non-hydrogen) atoms. The third-order valence-electron chi connectivity index (χ3n) is 2.37. The first kappa shape index (κ1) is 16.4. The molecule has 0 aromatic heterocycles. The number of ether oxygens (including phenoxy) is 1. The maximum absolute atomic E-state index is 10.9. The van der Waals surface area contributed by atoms with Crippen LogP contribution >= 0.6 is 0 Å². The van der Waals surface area contributed by atoms with Gasteiger partial charge in [0, 0.05) is 12.2 Å². The Labute approximate surface area is 108 Å². The molecule has 0 aromatic rings. The molecule has 0 rings (SSSR count). The molecule has 4 nitrogen and oxygen atoms in total. The highest BCUT2D eigenvalue weighted by Crippen LogP contribution is 2.07. The largest absolute Gasteiger partial charge is 0.478 e. The molecule has 0 aliphatic carbocycles. The molecular formula is C14H22O4. The summed E-state index contributed by atoms with van der Waals surface area (Å²) >= 11 is 0. The number of aliphatic carboxylic acids is 1. The van der Waals surface area contributed by atoms with Crippen molar-refractivity contribution in [2.24, 2.45) is 0 Å². The summed E-state index contributed by atoms with van der Waals surface area (Å²) in [6.45, 7) is 2.19. The molecule has 0 radical (unpaired) electrons. The van der Waals surface area contributed by atoms with E-state index in [1.54, 1.807) is 6.08 Å². The smallest absolute Gasteiger partial charge is 0.335 e. The monoisotopic (exact) mass is 254 g/mol. The predicted octanol–water partition coefficient (Wildman–Crippen LogP) is 3.43. The fourth-order valence-electron chi connectivity index (χ4n) is 1.40. The second-order valence-electron chi connectivity index (χ2n) is 4.04. The Morgan fingerprint density at radius 3 is 2.39 bits per heavy atom. The van der Waals surface area contributed by atoms with Gasteiger partial charge in [0.1, 0.15) is 0 Å². The van der Waals surface area contributed by atoms with Crippen LogP contribution in [-0.2, 0) is 14.3 Å². The highest BCUT2D eigenvalue weighted by atomic mass is 16.5. The molecule has 0 saturated heterocycles. The Kier molecular flexibility index (Phi) is 10.8. The van der Waals surface area contributed by atoms with Crippen LogP contribution in [0.15, 0.2) is 24.5 Å². The van der Waals surface area contributed by atoms with Crippen LogP contribution in [-0.4, -0.2) is 17.0 Å². The first-order valence-electron chi connectivity index (χ1n) is 6.43. The minimum atomic E-state index is -1.16. The van der Waals surface area contributed by atoms with Crippen molar-refractivity contribution in [2.75, 3.05) is 0 Å². The third-order valence-corrected chi connectivity index (χ3v) is 2.37. The molecule has 0 bridgehead atoms. The summed E-state index contributed by atoms with van der Waals surface area (Å²) in [5, 5.41) is 8.28. The molecule has 1 N–H and O–H groups in total. The Morgan fingerprint density at radius 1 is 1.06 bits per heavy atom. The van der Waals surface area contributed by atoms with E-state index in [0.717, 1.165) is 25.0 Å². The van der Waals surface area contributed by atoms with Crippen LogP contribution in [0.5, 0.6) is 0 Å². The van der Waals surface area contributed by atoms with Crippen LogP contribution in [0.3, 0.4) is 0 Å². The lowest BCUT2D eigenvalue weighted by Crippen LogP contribution is -1.96. The van der Waals surface area contributed by atoms with Gasteiger partial charge >= 0.3 is 11.9 Å². The average Bonchev–Trinajstić information content (AvgIpc) is 2.34. The highest BCUT2D eigenvalue weighted by Gasteiger charge is 1.94. The normalized spacial score (nSPS) is 11.2. The average molecular weight is 254 g/mol. The number of carboxylic acid groups (broad SMARTS) is 1. The van der Waals surface area contributed by atoms with Crippen molar-refractivity contribution in [1.82, 2.24) is 0 Å². The van der Waals surface area contributed by atoms with E-state index in [1.165, 1.54) is 38.4 Å². The van der Waals surface area contributed by atoms with Gasteiger partial charge in [0.15, 0.2) is 0 Å². The molecule has 0 unspecified atom stereocenters. The zero-order valence-corrected chi connectivity index (χ0v) is 10.9. The quantitative estimate of drug-likeness (QED) is 0.281. The summed E-state index contributed by atoms with van der Waals surface area (Å²) in [5.74, 6) is -1.83. The van der Waals surface area contributed by atoms with E-state index >= 15 is 0 Å². The second kappa shape index (κ2) is 11.9. The molecule has 0 fully saturated rings. The van der Waals surface area contributed by atoms with E-state index in [0.29, 0.717) is 0 Å².